The van der Waals surface area contributed by atoms with Crippen LogP contribution in [0.1, 0.15) is 13.3 Å². The van der Waals surface area contributed by atoms with Crippen molar-refractivity contribution in [2.45, 2.75) is 25.5 Å². The van der Waals surface area contributed by atoms with Gasteiger partial charge in [-0.05, 0) is 6.92 Å². The molecule has 2 atom stereocenters. The lowest BCUT2D eigenvalue weighted by atomic mass is 10.2. The molecule has 4 N–H and O–H groups in total. The van der Waals surface area contributed by atoms with Crippen LogP contribution in [0.3, 0.4) is 0 Å². The number of likely N-dealkylation sites (N-methyl/N-ethyl adjacent to an activating group) is 1. The summed E-state index contributed by atoms with van der Waals surface area (Å²) in [6, 6.07) is -1.71. The lowest BCUT2D eigenvalue weighted by molar-refractivity contribution is -0.139. The van der Waals surface area contributed by atoms with Gasteiger partial charge in [0.25, 0.3) is 0 Å². The molecule has 2 amide bonds. The minimum Gasteiger partial charge on any atom is -0.480 e. The van der Waals surface area contributed by atoms with E-state index < -0.39 is 24.1 Å². The highest BCUT2D eigenvalue weighted by Gasteiger charge is 2.21. The van der Waals surface area contributed by atoms with Crippen molar-refractivity contribution in [2.24, 2.45) is 0 Å². The maximum Gasteiger partial charge on any atom is 0.326 e. The van der Waals surface area contributed by atoms with Gasteiger partial charge < -0.3 is 25.5 Å². The average Bonchev–Trinajstić information content (AvgIpc) is 2.15. The maximum atomic E-state index is 11.4. The van der Waals surface area contributed by atoms with Gasteiger partial charge in [-0.2, -0.15) is 0 Å². The van der Waals surface area contributed by atoms with Crippen LogP contribution in [-0.2, 0) is 4.79 Å². The van der Waals surface area contributed by atoms with Gasteiger partial charge in [0.05, 0.1) is 6.10 Å². The van der Waals surface area contributed by atoms with Crippen LogP contribution in [0.4, 0.5) is 4.79 Å². The molecule has 0 radical (unpaired) electrons. The van der Waals surface area contributed by atoms with Crippen molar-refractivity contribution in [3.63, 3.8) is 0 Å². The number of urea groups is 1. The second kappa shape index (κ2) is 7.02. The van der Waals surface area contributed by atoms with Crippen molar-refractivity contribution < 1.29 is 24.9 Å². The minimum atomic E-state index is -1.20. The van der Waals surface area contributed by atoms with E-state index in [9.17, 15) is 9.59 Å². The number of amides is 2. The Morgan fingerprint density at radius 3 is 2.38 bits per heavy atom. The smallest absolute Gasteiger partial charge is 0.326 e. The molecule has 0 aromatic heterocycles. The summed E-state index contributed by atoms with van der Waals surface area (Å²) in [4.78, 5) is 23.3. The number of hydrogen-bond acceptors (Lipinski definition) is 4. The van der Waals surface area contributed by atoms with Gasteiger partial charge in [0.2, 0.25) is 0 Å². The van der Waals surface area contributed by atoms with Crippen LogP contribution in [-0.4, -0.2) is 64.6 Å². The fourth-order valence-corrected chi connectivity index (χ4v) is 1.12. The fraction of sp³-hybridized carbons (Fsp3) is 0.778. The molecule has 0 bridgehead atoms. The van der Waals surface area contributed by atoms with E-state index in [4.69, 9.17) is 15.3 Å². The van der Waals surface area contributed by atoms with Crippen molar-refractivity contribution in [1.82, 2.24) is 10.2 Å². The number of nitrogens with one attached hydrogen (secondary N) is 1. The van der Waals surface area contributed by atoms with E-state index in [1.165, 1.54) is 18.9 Å². The number of aliphatic hydroxyl groups excluding tert-OH is 2. The molecule has 0 heterocycles. The van der Waals surface area contributed by atoms with Gasteiger partial charge in [0.1, 0.15) is 6.04 Å². The summed E-state index contributed by atoms with van der Waals surface area (Å²) in [6.45, 7) is 1.31. The van der Waals surface area contributed by atoms with E-state index in [0.29, 0.717) is 0 Å². The summed E-state index contributed by atoms with van der Waals surface area (Å²) >= 11 is 0. The Hall–Kier alpha value is -1.34. The highest BCUT2D eigenvalue weighted by Crippen LogP contribution is 1.95. The molecular formula is C9H18N2O5. The third-order valence-corrected chi connectivity index (χ3v) is 1.90. The summed E-state index contributed by atoms with van der Waals surface area (Å²) in [5.41, 5.74) is 0. The number of aliphatic carboxylic acids is 1. The van der Waals surface area contributed by atoms with Gasteiger partial charge in [0.15, 0.2) is 0 Å². The first-order valence-corrected chi connectivity index (χ1v) is 4.91. The summed E-state index contributed by atoms with van der Waals surface area (Å²) in [7, 11) is 1.44. The third kappa shape index (κ3) is 5.52. The quantitative estimate of drug-likeness (QED) is 0.463. The summed E-state index contributed by atoms with van der Waals surface area (Å²) in [5.74, 6) is -1.20. The number of carboxylic acid groups (broad SMARTS) is 1. The largest absolute Gasteiger partial charge is 0.480 e. The number of nitrogens with zero attached hydrogens (tertiary/aromatic N) is 1. The molecule has 94 valence electrons. The number of carboxylic acids is 1. The van der Waals surface area contributed by atoms with Crippen LogP contribution in [0.5, 0.6) is 0 Å². The van der Waals surface area contributed by atoms with Gasteiger partial charge in [-0.15, -0.1) is 0 Å². The molecule has 0 saturated heterocycles. The molecule has 0 aromatic carbocycles. The van der Waals surface area contributed by atoms with Crippen LogP contribution < -0.4 is 5.32 Å². The molecule has 0 aliphatic heterocycles. The summed E-state index contributed by atoms with van der Waals surface area (Å²) < 4.78 is 0. The zero-order valence-corrected chi connectivity index (χ0v) is 9.38. The molecule has 0 rings (SSSR count). The molecule has 1 unspecified atom stereocenters. The molecule has 0 aliphatic carbocycles. The molecule has 0 aromatic rings. The average molecular weight is 234 g/mol. The Morgan fingerprint density at radius 1 is 1.44 bits per heavy atom. The predicted octanol–water partition coefficient (Wildman–Crippen LogP) is -1.16. The Labute approximate surface area is 93.7 Å². The van der Waals surface area contributed by atoms with E-state index in [0.717, 1.165) is 0 Å². The van der Waals surface area contributed by atoms with Crippen molar-refractivity contribution >= 4 is 12.0 Å². The minimum absolute atomic E-state index is 0.0520. The molecule has 0 fully saturated rings. The van der Waals surface area contributed by atoms with Crippen LogP contribution >= 0.6 is 0 Å². The molecule has 7 nitrogen and oxygen atoms in total. The van der Waals surface area contributed by atoms with E-state index in [1.54, 1.807) is 0 Å². The molecule has 0 spiro atoms. The van der Waals surface area contributed by atoms with Crippen LogP contribution in [0, 0.1) is 0 Å². The maximum absolute atomic E-state index is 11.4. The van der Waals surface area contributed by atoms with E-state index in [-0.39, 0.29) is 19.6 Å². The number of hydrogen-bond donors (Lipinski definition) is 4. The van der Waals surface area contributed by atoms with Gasteiger partial charge in [0, 0.05) is 26.6 Å². The summed E-state index contributed by atoms with van der Waals surface area (Å²) in [6.07, 6.45) is -0.735. The van der Waals surface area contributed by atoms with Gasteiger partial charge >= 0.3 is 12.0 Å². The first-order valence-electron chi connectivity index (χ1n) is 4.91. The number of aliphatic hydroxyl groups is 2. The molecule has 0 aliphatic rings. The highest BCUT2D eigenvalue weighted by atomic mass is 16.4. The third-order valence-electron chi connectivity index (χ3n) is 1.90. The van der Waals surface area contributed by atoms with Crippen molar-refractivity contribution in [2.75, 3.05) is 20.2 Å². The zero-order chi connectivity index (χ0) is 12.7. The highest BCUT2D eigenvalue weighted by molar-refractivity contribution is 5.82. The summed E-state index contributed by atoms with van der Waals surface area (Å²) in [5, 5.41) is 28.6. The Balaban J connectivity index is 4.23. The number of carbonyl (C=O) groups excluding carboxylic acids is 1. The second-order valence-corrected chi connectivity index (χ2v) is 3.58. The standard InChI is InChI=1S/C9H18N2O5/c1-6(13)5-11(2)9(16)10-7(3-4-12)8(14)15/h6-7,12-13H,3-5H2,1-2H3,(H,10,16)(H,14,15)/t6?,7-/m1/s1. The van der Waals surface area contributed by atoms with Crippen LogP contribution in [0.2, 0.25) is 0 Å². The second-order valence-electron chi connectivity index (χ2n) is 3.58. The van der Waals surface area contributed by atoms with Crippen LogP contribution in [0.15, 0.2) is 0 Å². The van der Waals surface area contributed by atoms with Gasteiger partial charge in [-0.25, -0.2) is 9.59 Å². The first-order chi connectivity index (χ1) is 7.38. The van der Waals surface area contributed by atoms with Crippen molar-refractivity contribution in [3.05, 3.63) is 0 Å². The lowest BCUT2D eigenvalue weighted by Crippen LogP contribution is -2.48. The Morgan fingerprint density at radius 2 is 2.00 bits per heavy atom. The van der Waals surface area contributed by atoms with Gasteiger partial charge in [-0.1, -0.05) is 0 Å². The van der Waals surface area contributed by atoms with Crippen molar-refractivity contribution in [3.8, 4) is 0 Å². The molecular weight excluding hydrogens is 216 g/mol. The first kappa shape index (κ1) is 14.7. The monoisotopic (exact) mass is 234 g/mol. The topological polar surface area (TPSA) is 110 Å². The number of carbonyl (C=O) groups is 2. The SMILES string of the molecule is CC(O)CN(C)C(=O)N[C@H](CCO)C(=O)O. The Kier molecular flexibility index (Phi) is 6.43. The normalized spacial score (nSPS) is 14.0. The Bertz CT molecular complexity index is 244. The molecule has 0 saturated carbocycles. The lowest BCUT2D eigenvalue weighted by Gasteiger charge is -2.22. The van der Waals surface area contributed by atoms with E-state index in [1.807, 2.05) is 0 Å². The van der Waals surface area contributed by atoms with Gasteiger partial charge in [-0.3, -0.25) is 0 Å². The fourth-order valence-electron chi connectivity index (χ4n) is 1.12. The van der Waals surface area contributed by atoms with E-state index in [2.05, 4.69) is 5.32 Å². The molecule has 16 heavy (non-hydrogen) atoms. The van der Waals surface area contributed by atoms with Crippen LogP contribution in [0.25, 0.3) is 0 Å². The van der Waals surface area contributed by atoms with Crippen molar-refractivity contribution in [1.29, 1.82) is 0 Å². The van der Waals surface area contributed by atoms with E-state index >= 15 is 0 Å². The number of rotatable bonds is 6. The predicted molar refractivity (Wildman–Crippen MR) is 56.0 cm³/mol. The molecule has 7 heteroatoms. The zero-order valence-electron chi connectivity index (χ0n) is 9.38.